The van der Waals surface area contributed by atoms with Crippen LogP contribution in [0.4, 0.5) is 0 Å². The van der Waals surface area contributed by atoms with E-state index in [9.17, 15) is 14.4 Å². The lowest BCUT2D eigenvalue weighted by Crippen LogP contribution is -2.30. The number of carbonyl (C=O) groups excluding carboxylic acids is 3. The number of unbranched alkanes of at least 4 members (excludes halogenated alkanes) is 32. The molecule has 380 valence electrons. The summed E-state index contributed by atoms with van der Waals surface area (Å²) in [6.07, 6.45) is 51.0. The molecule has 0 aliphatic carbocycles. The molecule has 0 aromatic rings. The van der Waals surface area contributed by atoms with Gasteiger partial charge in [-0.1, -0.05) is 279 Å². The molecule has 6 nitrogen and oxygen atoms in total. The van der Waals surface area contributed by atoms with Gasteiger partial charge in [0.15, 0.2) is 6.10 Å². The van der Waals surface area contributed by atoms with Crippen LogP contribution in [0.15, 0.2) is 0 Å². The van der Waals surface area contributed by atoms with Crippen molar-refractivity contribution in [2.75, 3.05) is 13.2 Å². The van der Waals surface area contributed by atoms with Crippen molar-refractivity contribution >= 4 is 17.9 Å². The lowest BCUT2D eigenvalue weighted by Gasteiger charge is -2.18. The van der Waals surface area contributed by atoms with Crippen LogP contribution in [0, 0.1) is 17.8 Å². The summed E-state index contributed by atoms with van der Waals surface area (Å²) >= 11 is 0. The first-order chi connectivity index (χ1) is 31.2. The van der Waals surface area contributed by atoms with Gasteiger partial charge < -0.3 is 14.2 Å². The third-order valence-electron chi connectivity index (χ3n) is 13.9. The average molecular weight is 906 g/mol. The molecule has 64 heavy (non-hydrogen) atoms. The molecule has 3 atom stereocenters. The summed E-state index contributed by atoms with van der Waals surface area (Å²) < 4.78 is 16.8. The summed E-state index contributed by atoms with van der Waals surface area (Å²) in [6.45, 7) is 13.8. The first-order valence-electron chi connectivity index (χ1n) is 28.7. The van der Waals surface area contributed by atoms with Crippen molar-refractivity contribution in [2.24, 2.45) is 17.8 Å². The fourth-order valence-electron chi connectivity index (χ4n) is 8.76. The van der Waals surface area contributed by atoms with Gasteiger partial charge in [-0.25, -0.2) is 0 Å². The van der Waals surface area contributed by atoms with Crippen LogP contribution in [-0.4, -0.2) is 37.2 Å². The van der Waals surface area contributed by atoms with E-state index in [0.29, 0.717) is 19.3 Å². The monoisotopic (exact) mass is 905 g/mol. The second-order valence-corrected chi connectivity index (χ2v) is 20.9. The van der Waals surface area contributed by atoms with Crippen molar-refractivity contribution in [3.8, 4) is 0 Å². The molecule has 0 heterocycles. The number of esters is 3. The Morgan fingerprint density at radius 2 is 0.547 bits per heavy atom. The molecule has 0 aromatic heterocycles. The van der Waals surface area contributed by atoms with Crippen molar-refractivity contribution in [3.63, 3.8) is 0 Å². The quantitative estimate of drug-likeness (QED) is 0.0344. The molecule has 0 aliphatic heterocycles. The van der Waals surface area contributed by atoms with Gasteiger partial charge in [0.05, 0.1) is 0 Å². The van der Waals surface area contributed by atoms with Crippen LogP contribution in [0.2, 0.25) is 0 Å². The molecule has 0 aromatic carbocycles. The Balaban J connectivity index is 4.20. The highest BCUT2D eigenvalue weighted by atomic mass is 16.6. The van der Waals surface area contributed by atoms with E-state index in [1.54, 1.807) is 0 Å². The van der Waals surface area contributed by atoms with Crippen LogP contribution in [-0.2, 0) is 28.6 Å². The standard InChI is InChI=1S/C58H112O6/c1-7-53(5)45-39-33-27-23-19-15-13-11-9-10-12-14-16-20-24-28-35-41-47-56(59)62-50-55(51-63-57(60)48-42-36-31-30-34-40-46-54(6)8-2)64-58(61)49-43-37-29-25-21-17-18-22-26-32-38-44-52(3)4/h52-55H,7-51H2,1-6H3/t53?,54?,55-/m0/s1. The molecule has 0 rings (SSSR count). The zero-order valence-corrected chi connectivity index (χ0v) is 44.1. The van der Waals surface area contributed by atoms with Crippen molar-refractivity contribution in [3.05, 3.63) is 0 Å². The molecule has 0 aliphatic rings. The van der Waals surface area contributed by atoms with Gasteiger partial charge in [0.1, 0.15) is 13.2 Å². The molecule has 0 spiro atoms. The Hall–Kier alpha value is -1.59. The molecule has 0 saturated carbocycles. The normalized spacial score (nSPS) is 13.0. The van der Waals surface area contributed by atoms with Crippen LogP contribution < -0.4 is 0 Å². The second-order valence-electron chi connectivity index (χ2n) is 20.9. The highest BCUT2D eigenvalue weighted by Crippen LogP contribution is 2.19. The Morgan fingerprint density at radius 3 is 0.812 bits per heavy atom. The maximum Gasteiger partial charge on any atom is 0.306 e. The number of carbonyl (C=O) groups is 3. The predicted octanol–water partition coefficient (Wildman–Crippen LogP) is 18.7. The molecular weight excluding hydrogens is 793 g/mol. The third kappa shape index (κ3) is 48.3. The maximum absolute atomic E-state index is 12.8. The smallest absolute Gasteiger partial charge is 0.306 e. The first-order valence-corrected chi connectivity index (χ1v) is 28.7. The van der Waals surface area contributed by atoms with E-state index in [1.165, 1.54) is 199 Å². The van der Waals surface area contributed by atoms with Crippen LogP contribution in [0.5, 0.6) is 0 Å². The fraction of sp³-hybridized carbons (Fsp3) is 0.948. The lowest BCUT2D eigenvalue weighted by atomic mass is 9.99. The van der Waals surface area contributed by atoms with Crippen molar-refractivity contribution < 1.29 is 28.6 Å². The van der Waals surface area contributed by atoms with Gasteiger partial charge in [-0.05, 0) is 37.0 Å². The summed E-state index contributed by atoms with van der Waals surface area (Å²) in [5, 5.41) is 0. The van der Waals surface area contributed by atoms with E-state index in [4.69, 9.17) is 14.2 Å². The first kappa shape index (κ1) is 62.4. The van der Waals surface area contributed by atoms with Gasteiger partial charge in [-0.3, -0.25) is 14.4 Å². The molecule has 6 heteroatoms. The Morgan fingerprint density at radius 1 is 0.312 bits per heavy atom. The minimum Gasteiger partial charge on any atom is -0.462 e. The largest absolute Gasteiger partial charge is 0.462 e. The summed E-state index contributed by atoms with van der Waals surface area (Å²) in [6, 6.07) is 0. The van der Waals surface area contributed by atoms with E-state index < -0.39 is 6.10 Å². The van der Waals surface area contributed by atoms with E-state index in [1.807, 2.05) is 0 Å². The number of ether oxygens (including phenoxy) is 3. The molecule has 2 unspecified atom stereocenters. The second kappa shape index (κ2) is 49.3. The highest BCUT2D eigenvalue weighted by Gasteiger charge is 2.19. The van der Waals surface area contributed by atoms with Crippen LogP contribution in [0.25, 0.3) is 0 Å². The maximum atomic E-state index is 12.8. The zero-order valence-electron chi connectivity index (χ0n) is 44.1. The van der Waals surface area contributed by atoms with Crippen LogP contribution in [0.1, 0.15) is 318 Å². The van der Waals surface area contributed by atoms with E-state index in [0.717, 1.165) is 75.5 Å². The van der Waals surface area contributed by atoms with Gasteiger partial charge in [0.2, 0.25) is 0 Å². The fourth-order valence-corrected chi connectivity index (χ4v) is 8.76. The predicted molar refractivity (Wildman–Crippen MR) is 275 cm³/mol. The Bertz CT molecular complexity index is 995. The summed E-state index contributed by atoms with van der Waals surface area (Å²) in [7, 11) is 0. The molecule has 0 amide bonds. The Kier molecular flexibility index (Phi) is 48.1. The molecule has 0 fully saturated rings. The Labute approximate surface area is 399 Å². The van der Waals surface area contributed by atoms with Crippen molar-refractivity contribution in [1.82, 2.24) is 0 Å². The van der Waals surface area contributed by atoms with Gasteiger partial charge >= 0.3 is 17.9 Å². The molecule has 0 radical (unpaired) electrons. The molecule has 0 bridgehead atoms. The van der Waals surface area contributed by atoms with Crippen LogP contribution in [0.3, 0.4) is 0 Å². The van der Waals surface area contributed by atoms with Crippen molar-refractivity contribution in [1.29, 1.82) is 0 Å². The minimum atomic E-state index is -0.764. The van der Waals surface area contributed by atoms with E-state index in [-0.39, 0.29) is 31.1 Å². The average Bonchev–Trinajstić information content (AvgIpc) is 3.28. The molecule has 0 saturated heterocycles. The summed E-state index contributed by atoms with van der Waals surface area (Å²) in [5.74, 6) is 1.70. The van der Waals surface area contributed by atoms with E-state index >= 15 is 0 Å². The van der Waals surface area contributed by atoms with Gasteiger partial charge in [0, 0.05) is 19.3 Å². The van der Waals surface area contributed by atoms with E-state index in [2.05, 4.69) is 41.5 Å². The molecular formula is C58H112O6. The molecule has 0 N–H and O–H groups in total. The summed E-state index contributed by atoms with van der Waals surface area (Å²) in [4.78, 5) is 38.0. The number of rotatable bonds is 51. The van der Waals surface area contributed by atoms with Gasteiger partial charge in [-0.2, -0.15) is 0 Å². The number of hydrogen-bond acceptors (Lipinski definition) is 6. The van der Waals surface area contributed by atoms with Gasteiger partial charge in [-0.15, -0.1) is 0 Å². The van der Waals surface area contributed by atoms with Gasteiger partial charge in [0.25, 0.3) is 0 Å². The topological polar surface area (TPSA) is 78.9 Å². The lowest BCUT2D eigenvalue weighted by molar-refractivity contribution is -0.167. The van der Waals surface area contributed by atoms with Crippen molar-refractivity contribution in [2.45, 2.75) is 324 Å². The SMILES string of the molecule is CCC(C)CCCCCCCCCCCCCCCCCCCCC(=O)OC[C@@H](COC(=O)CCCCCCCCC(C)CC)OC(=O)CCCCCCCCCCCCCC(C)C. The third-order valence-corrected chi connectivity index (χ3v) is 13.9. The zero-order chi connectivity index (χ0) is 47.0. The minimum absolute atomic E-state index is 0.0645. The highest BCUT2D eigenvalue weighted by molar-refractivity contribution is 5.71. The van der Waals surface area contributed by atoms with Crippen LogP contribution >= 0.6 is 0 Å². The number of hydrogen-bond donors (Lipinski definition) is 0. The summed E-state index contributed by atoms with van der Waals surface area (Å²) in [5.41, 5.74) is 0.